The minimum atomic E-state index is -0.262. The molecule has 1 aromatic heterocycles. The largest absolute Gasteiger partial charge is 0.492 e. The van der Waals surface area contributed by atoms with E-state index in [0.717, 1.165) is 22.9 Å². The Kier molecular flexibility index (Phi) is 6.07. The Morgan fingerprint density at radius 2 is 1.88 bits per heavy atom. The summed E-state index contributed by atoms with van der Waals surface area (Å²) in [5.74, 6) is 0.796. The Labute approximate surface area is 185 Å². The third kappa shape index (κ3) is 4.73. The molecule has 4 rings (SSSR count). The Hall–Kier alpha value is -4.26. The molecule has 0 unspecified atom stereocenters. The molecule has 0 aliphatic rings. The number of hydrogen-bond donors (Lipinski definition) is 2. The lowest BCUT2D eigenvalue weighted by molar-refractivity contribution is -0.107. The van der Waals surface area contributed by atoms with Gasteiger partial charge in [0.05, 0.1) is 17.9 Å². The van der Waals surface area contributed by atoms with Crippen LogP contribution in [-0.2, 0) is 4.79 Å². The van der Waals surface area contributed by atoms with Gasteiger partial charge in [0.15, 0.2) is 0 Å². The molecule has 4 aromatic rings. The number of nitrogens with two attached hydrogens (primary N) is 1. The van der Waals surface area contributed by atoms with Gasteiger partial charge in [-0.1, -0.05) is 24.3 Å². The monoisotopic (exact) mass is 429 g/mol. The summed E-state index contributed by atoms with van der Waals surface area (Å²) in [6.45, 7) is 2.57. The Morgan fingerprint density at radius 3 is 2.62 bits per heavy atom. The molecule has 0 saturated carbocycles. The number of nitrogens with zero attached hydrogens (tertiary/aromatic N) is 1. The number of aryl methyl sites for hydroxylation is 1. The number of furan rings is 1. The van der Waals surface area contributed by atoms with Gasteiger partial charge in [0.2, 0.25) is 12.3 Å². The molecule has 0 spiro atoms. The molecule has 0 aliphatic heterocycles. The van der Waals surface area contributed by atoms with Crippen LogP contribution in [0.4, 0.5) is 17.3 Å². The lowest BCUT2D eigenvalue weighted by atomic mass is 10.2. The average molecular weight is 429 g/mol. The highest BCUT2D eigenvalue weighted by Crippen LogP contribution is 2.26. The van der Waals surface area contributed by atoms with E-state index in [1.807, 2.05) is 31.2 Å². The van der Waals surface area contributed by atoms with Gasteiger partial charge in [0.1, 0.15) is 17.9 Å². The molecule has 0 radical (unpaired) electrons. The highest BCUT2D eigenvalue weighted by atomic mass is 16.5. The van der Waals surface area contributed by atoms with Crippen molar-refractivity contribution in [3.05, 3.63) is 83.9 Å². The van der Waals surface area contributed by atoms with E-state index < -0.39 is 0 Å². The molecule has 3 aromatic carbocycles. The standard InChI is InChI=1S/C25H23N3O4/c1-17-6-7-19-15-24(32-23(19)14-17)28(16-29)12-13-31-20-10-8-18(9-11-20)25(30)27-22-5-3-2-4-21(22)26/h2-11,14-16H,12-13,26H2,1H3,(H,27,30). The Morgan fingerprint density at radius 1 is 1.09 bits per heavy atom. The summed E-state index contributed by atoms with van der Waals surface area (Å²) < 4.78 is 11.5. The van der Waals surface area contributed by atoms with Gasteiger partial charge in [-0.3, -0.25) is 14.5 Å². The maximum Gasteiger partial charge on any atom is 0.255 e. The van der Waals surface area contributed by atoms with Crippen LogP contribution in [0.25, 0.3) is 11.0 Å². The van der Waals surface area contributed by atoms with Crippen LogP contribution in [-0.4, -0.2) is 25.5 Å². The molecular weight excluding hydrogens is 406 g/mol. The van der Waals surface area contributed by atoms with Crippen molar-refractivity contribution < 1.29 is 18.7 Å². The normalized spacial score (nSPS) is 10.7. The van der Waals surface area contributed by atoms with Crippen LogP contribution in [0.1, 0.15) is 15.9 Å². The third-order valence-corrected chi connectivity index (χ3v) is 5.00. The van der Waals surface area contributed by atoms with Crippen molar-refractivity contribution in [3.63, 3.8) is 0 Å². The summed E-state index contributed by atoms with van der Waals surface area (Å²) in [6, 6.07) is 21.5. The van der Waals surface area contributed by atoms with Crippen molar-refractivity contribution in [2.45, 2.75) is 6.92 Å². The zero-order chi connectivity index (χ0) is 22.5. The Balaban J connectivity index is 1.33. The molecular formula is C25H23N3O4. The number of nitrogen functional groups attached to an aromatic ring is 1. The summed E-state index contributed by atoms with van der Waals surface area (Å²) >= 11 is 0. The van der Waals surface area contributed by atoms with Crippen LogP contribution in [0.3, 0.4) is 0 Å². The first-order valence-electron chi connectivity index (χ1n) is 10.1. The molecule has 3 N–H and O–H groups in total. The number of nitrogens with one attached hydrogen (secondary N) is 1. The number of fused-ring (bicyclic) bond motifs is 1. The van der Waals surface area contributed by atoms with Crippen LogP contribution in [0, 0.1) is 6.92 Å². The second kappa shape index (κ2) is 9.26. The summed E-state index contributed by atoms with van der Waals surface area (Å²) in [7, 11) is 0. The van der Waals surface area contributed by atoms with Crippen LogP contribution in [0.5, 0.6) is 5.75 Å². The van der Waals surface area contributed by atoms with Crippen molar-refractivity contribution >= 4 is 40.5 Å². The quantitative estimate of drug-likeness (QED) is 0.315. The third-order valence-electron chi connectivity index (χ3n) is 5.00. The molecule has 162 valence electrons. The topological polar surface area (TPSA) is 97.8 Å². The molecule has 1 heterocycles. The molecule has 2 amide bonds. The lowest BCUT2D eigenvalue weighted by Gasteiger charge is -2.14. The van der Waals surface area contributed by atoms with Gasteiger partial charge in [0.25, 0.3) is 5.91 Å². The van der Waals surface area contributed by atoms with Crippen LogP contribution >= 0.6 is 0 Å². The van der Waals surface area contributed by atoms with E-state index in [1.54, 1.807) is 48.5 Å². The molecule has 0 fully saturated rings. The van der Waals surface area contributed by atoms with Crippen molar-refractivity contribution in [2.24, 2.45) is 0 Å². The number of amides is 2. The highest BCUT2D eigenvalue weighted by molar-refractivity contribution is 6.05. The van der Waals surface area contributed by atoms with E-state index in [1.165, 1.54) is 4.90 Å². The molecule has 0 atom stereocenters. The lowest BCUT2D eigenvalue weighted by Crippen LogP contribution is -2.26. The van der Waals surface area contributed by atoms with Gasteiger partial charge in [-0.2, -0.15) is 0 Å². The van der Waals surface area contributed by atoms with E-state index in [2.05, 4.69) is 5.32 Å². The molecule has 7 nitrogen and oxygen atoms in total. The van der Waals surface area contributed by atoms with E-state index in [0.29, 0.717) is 35.1 Å². The fraction of sp³-hybridized carbons (Fsp3) is 0.120. The number of rotatable bonds is 8. The summed E-state index contributed by atoms with van der Waals surface area (Å²) in [5, 5.41) is 3.72. The summed E-state index contributed by atoms with van der Waals surface area (Å²) in [4.78, 5) is 25.4. The number of carbonyl (C=O) groups is 2. The Bertz CT molecular complexity index is 1250. The number of ether oxygens (including phenoxy) is 1. The maximum absolute atomic E-state index is 12.4. The number of carbonyl (C=O) groups excluding carboxylic acids is 2. The highest BCUT2D eigenvalue weighted by Gasteiger charge is 2.12. The average Bonchev–Trinajstić information content (AvgIpc) is 3.21. The smallest absolute Gasteiger partial charge is 0.255 e. The van der Waals surface area contributed by atoms with E-state index in [-0.39, 0.29) is 12.5 Å². The molecule has 32 heavy (non-hydrogen) atoms. The fourth-order valence-corrected chi connectivity index (χ4v) is 3.25. The SMILES string of the molecule is Cc1ccc2cc(N(C=O)CCOc3ccc(C(=O)Nc4ccccc4N)cc3)oc2c1. The summed E-state index contributed by atoms with van der Waals surface area (Å²) in [6.07, 6.45) is 0.719. The van der Waals surface area contributed by atoms with Gasteiger partial charge >= 0.3 is 0 Å². The molecule has 7 heteroatoms. The first kappa shape index (κ1) is 21.0. The first-order valence-corrected chi connectivity index (χ1v) is 10.1. The zero-order valence-corrected chi connectivity index (χ0v) is 17.6. The van der Waals surface area contributed by atoms with Gasteiger partial charge in [-0.15, -0.1) is 0 Å². The van der Waals surface area contributed by atoms with Crippen molar-refractivity contribution in [3.8, 4) is 5.75 Å². The second-order valence-electron chi connectivity index (χ2n) is 7.34. The second-order valence-corrected chi connectivity index (χ2v) is 7.34. The van der Waals surface area contributed by atoms with Crippen LogP contribution in [0.2, 0.25) is 0 Å². The number of hydrogen-bond acceptors (Lipinski definition) is 5. The molecule has 0 bridgehead atoms. The van der Waals surface area contributed by atoms with E-state index in [4.69, 9.17) is 14.9 Å². The fourth-order valence-electron chi connectivity index (χ4n) is 3.25. The number of para-hydroxylation sites is 2. The van der Waals surface area contributed by atoms with E-state index >= 15 is 0 Å². The van der Waals surface area contributed by atoms with Crippen LogP contribution in [0.15, 0.2) is 77.2 Å². The number of anilines is 3. The van der Waals surface area contributed by atoms with Crippen molar-refractivity contribution in [2.75, 3.05) is 29.1 Å². The van der Waals surface area contributed by atoms with Gasteiger partial charge in [0, 0.05) is 17.0 Å². The minimum Gasteiger partial charge on any atom is -0.492 e. The predicted octanol–water partition coefficient (Wildman–Crippen LogP) is 4.62. The zero-order valence-electron chi connectivity index (χ0n) is 17.6. The molecule has 0 saturated heterocycles. The predicted molar refractivity (Wildman–Crippen MR) is 125 cm³/mol. The van der Waals surface area contributed by atoms with Gasteiger partial charge < -0.3 is 20.2 Å². The van der Waals surface area contributed by atoms with E-state index in [9.17, 15) is 9.59 Å². The van der Waals surface area contributed by atoms with Crippen LogP contribution < -0.4 is 20.7 Å². The summed E-state index contributed by atoms with van der Waals surface area (Å²) in [5.41, 5.74) is 9.23. The van der Waals surface area contributed by atoms with Gasteiger partial charge in [-0.25, -0.2) is 0 Å². The number of benzene rings is 3. The van der Waals surface area contributed by atoms with Gasteiger partial charge in [-0.05, 0) is 55.0 Å². The molecule has 0 aliphatic carbocycles. The van der Waals surface area contributed by atoms with Crippen molar-refractivity contribution in [1.82, 2.24) is 0 Å². The van der Waals surface area contributed by atoms with Crippen molar-refractivity contribution in [1.29, 1.82) is 0 Å². The minimum absolute atomic E-state index is 0.262. The maximum atomic E-state index is 12.4. The first-order chi connectivity index (χ1) is 15.5.